The van der Waals surface area contributed by atoms with E-state index in [1.165, 1.54) is 0 Å². The lowest BCUT2D eigenvalue weighted by Gasteiger charge is -2.32. The van der Waals surface area contributed by atoms with E-state index in [1.807, 2.05) is 6.07 Å². The summed E-state index contributed by atoms with van der Waals surface area (Å²) in [5.74, 6) is 0. The zero-order chi connectivity index (χ0) is 14.0. The van der Waals surface area contributed by atoms with Gasteiger partial charge in [-0.05, 0) is 37.0 Å². The lowest BCUT2D eigenvalue weighted by molar-refractivity contribution is 0.327. The van der Waals surface area contributed by atoms with Gasteiger partial charge in [0, 0.05) is 12.1 Å². The lowest BCUT2D eigenvalue weighted by atomic mass is 9.89. The van der Waals surface area contributed by atoms with Crippen molar-refractivity contribution in [3.8, 4) is 0 Å². The van der Waals surface area contributed by atoms with E-state index in [0.717, 1.165) is 18.4 Å². The molecule has 106 valence electrons. The number of benzene rings is 1. The molecule has 1 fully saturated rings. The first-order chi connectivity index (χ1) is 8.92. The SMILES string of the molecule is CCCc1ccc(Cl)c(S(=O)(=O)NC2CC(N)C2)c1. The first kappa shape index (κ1) is 14.8. The highest BCUT2D eigenvalue weighted by Crippen LogP contribution is 2.26. The van der Waals surface area contributed by atoms with Gasteiger partial charge in [-0.15, -0.1) is 0 Å². The number of halogens is 1. The Morgan fingerprint density at radius 3 is 2.68 bits per heavy atom. The second-order valence-corrected chi connectivity index (χ2v) is 7.15. The van der Waals surface area contributed by atoms with Crippen LogP contribution in [0.5, 0.6) is 0 Å². The van der Waals surface area contributed by atoms with E-state index in [4.69, 9.17) is 17.3 Å². The summed E-state index contributed by atoms with van der Waals surface area (Å²) in [5, 5.41) is 0.260. The topological polar surface area (TPSA) is 72.2 Å². The average Bonchev–Trinajstić information content (AvgIpc) is 2.29. The monoisotopic (exact) mass is 302 g/mol. The minimum atomic E-state index is -3.55. The molecule has 0 atom stereocenters. The van der Waals surface area contributed by atoms with Crippen LogP contribution >= 0.6 is 11.6 Å². The van der Waals surface area contributed by atoms with Crippen molar-refractivity contribution in [2.45, 2.75) is 49.6 Å². The largest absolute Gasteiger partial charge is 0.328 e. The zero-order valence-corrected chi connectivity index (χ0v) is 12.5. The fraction of sp³-hybridized carbons (Fsp3) is 0.538. The highest BCUT2D eigenvalue weighted by Gasteiger charge is 2.31. The predicted octanol–water partition coefficient (Wildman–Crippen LogP) is 2.06. The number of rotatable bonds is 5. The van der Waals surface area contributed by atoms with Crippen LogP contribution < -0.4 is 10.5 Å². The third kappa shape index (κ3) is 3.48. The predicted molar refractivity (Wildman–Crippen MR) is 76.8 cm³/mol. The quantitative estimate of drug-likeness (QED) is 0.874. The number of sulfonamides is 1. The van der Waals surface area contributed by atoms with Crippen molar-refractivity contribution >= 4 is 21.6 Å². The average molecular weight is 303 g/mol. The molecule has 4 nitrogen and oxygen atoms in total. The van der Waals surface area contributed by atoms with Crippen LogP contribution in [0.2, 0.25) is 5.02 Å². The molecule has 1 aliphatic rings. The van der Waals surface area contributed by atoms with Crippen molar-refractivity contribution in [3.63, 3.8) is 0 Å². The Balaban J connectivity index is 2.21. The molecule has 19 heavy (non-hydrogen) atoms. The number of hydrogen-bond acceptors (Lipinski definition) is 3. The van der Waals surface area contributed by atoms with Gasteiger partial charge in [0.1, 0.15) is 4.90 Å². The van der Waals surface area contributed by atoms with Crippen LogP contribution in [0.4, 0.5) is 0 Å². The van der Waals surface area contributed by atoms with Crippen molar-refractivity contribution in [2.24, 2.45) is 5.73 Å². The Bertz CT molecular complexity index is 554. The van der Waals surface area contributed by atoms with Crippen LogP contribution in [0.3, 0.4) is 0 Å². The summed E-state index contributed by atoms with van der Waals surface area (Å²) in [6.45, 7) is 2.05. The van der Waals surface area contributed by atoms with Gasteiger partial charge in [0.25, 0.3) is 0 Å². The smallest absolute Gasteiger partial charge is 0.242 e. The van der Waals surface area contributed by atoms with E-state index in [2.05, 4.69) is 11.6 Å². The molecule has 0 amide bonds. The number of hydrogen-bond donors (Lipinski definition) is 2. The summed E-state index contributed by atoms with van der Waals surface area (Å²) in [7, 11) is -3.55. The molecular weight excluding hydrogens is 284 g/mol. The highest BCUT2D eigenvalue weighted by atomic mass is 35.5. The van der Waals surface area contributed by atoms with Crippen molar-refractivity contribution in [3.05, 3.63) is 28.8 Å². The van der Waals surface area contributed by atoms with E-state index in [9.17, 15) is 8.42 Å². The van der Waals surface area contributed by atoms with Gasteiger partial charge >= 0.3 is 0 Å². The van der Waals surface area contributed by atoms with Gasteiger partial charge in [-0.2, -0.15) is 0 Å². The fourth-order valence-corrected chi connectivity index (χ4v) is 4.05. The summed E-state index contributed by atoms with van der Waals surface area (Å²) in [6.07, 6.45) is 3.18. The number of aryl methyl sites for hydroxylation is 1. The lowest BCUT2D eigenvalue weighted by Crippen LogP contribution is -2.50. The Labute approximate surface area is 119 Å². The van der Waals surface area contributed by atoms with Crippen LogP contribution in [0, 0.1) is 0 Å². The Hall–Kier alpha value is -0.620. The highest BCUT2D eigenvalue weighted by molar-refractivity contribution is 7.89. The van der Waals surface area contributed by atoms with Crippen molar-refractivity contribution < 1.29 is 8.42 Å². The summed E-state index contributed by atoms with van der Waals surface area (Å²) >= 11 is 6.01. The molecule has 0 aliphatic heterocycles. The van der Waals surface area contributed by atoms with E-state index in [0.29, 0.717) is 12.8 Å². The number of nitrogens with one attached hydrogen (secondary N) is 1. The molecule has 0 radical (unpaired) electrons. The van der Waals surface area contributed by atoms with Crippen LogP contribution in [0.1, 0.15) is 31.7 Å². The molecule has 0 unspecified atom stereocenters. The van der Waals surface area contributed by atoms with Crippen molar-refractivity contribution in [1.82, 2.24) is 4.72 Å². The normalized spacial score (nSPS) is 23.1. The van der Waals surface area contributed by atoms with Gasteiger partial charge in [-0.3, -0.25) is 0 Å². The van der Waals surface area contributed by atoms with E-state index in [-0.39, 0.29) is 22.0 Å². The van der Waals surface area contributed by atoms with Crippen LogP contribution in [0.15, 0.2) is 23.1 Å². The van der Waals surface area contributed by atoms with Crippen LogP contribution in [-0.2, 0) is 16.4 Å². The molecule has 1 aromatic rings. The molecule has 0 spiro atoms. The maximum absolute atomic E-state index is 12.3. The molecular formula is C13H19ClN2O2S. The van der Waals surface area contributed by atoms with Gasteiger partial charge in [-0.25, -0.2) is 13.1 Å². The van der Waals surface area contributed by atoms with Gasteiger partial charge in [0.2, 0.25) is 10.0 Å². The molecule has 3 N–H and O–H groups in total. The maximum Gasteiger partial charge on any atom is 0.242 e. The Morgan fingerprint density at radius 1 is 1.42 bits per heavy atom. The van der Waals surface area contributed by atoms with Gasteiger partial charge < -0.3 is 5.73 Å². The molecule has 0 aromatic heterocycles. The molecule has 0 heterocycles. The second kappa shape index (κ2) is 5.79. The summed E-state index contributed by atoms with van der Waals surface area (Å²) < 4.78 is 27.2. The molecule has 2 rings (SSSR count). The van der Waals surface area contributed by atoms with E-state index in [1.54, 1.807) is 12.1 Å². The fourth-order valence-electron chi connectivity index (χ4n) is 2.24. The minimum absolute atomic E-state index is 0.0640. The maximum atomic E-state index is 12.3. The van der Waals surface area contributed by atoms with Gasteiger partial charge in [0.05, 0.1) is 5.02 Å². The van der Waals surface area contributed by atoms with Crippen LogP contribution in [-0.4, -0.2) is 20.5 Å². The molecule has 1 saturated carbocycles. The Morgan fingerprint density at radius 2 is 2.11 bits per heavy atom. The summed E-state index contributed by atoms with van der Waals surface area (Å²) in [5.41, 5.74) is 6.64. The van der Waals surface area contributed by atoms with Crippen LogP contribution in [0.25, 0.3) is 0 Å². The summed E-state index contributed by atoms with van der Waals surface area (Å²) in [6, 6.07) is 5.21. The first-order valence-corrected chi connectivity index (χ1v) is 8.35. The molecule has 1 aromatic carbocycles. The standard InChI is InChI=1S/C13H19ClN2O2S/c1-2-3-9-4-5-12(14)13(6-9)19(17,18)16-11-7-10(15)8-11/h4-6,10-11,16H,2-3,7-8,15H2,1H3. The van der Waals surface area contributed by atoms with Gasteiger partial charge in [-0.1, -0.05) is 31.0 Å². The molecule has 1 aliphatic carbocycles. The molecule has 0 saturated heterocycles. The summed E-state index contributed by atoms with van der Waals surface area (Å²) in [4.78, 5) is 0.167. The van der Waals surface area contributed by atoms with Gasteiger partial charge in [0.15, 0.2) is 0 Å². The Kier molecular flexibility index (Phi) is 4.50. The van der Waals surface area contributed by atoms with Crippen molar-refractivity contribution in [1.29, 1.82) is 0 Å². The van der Waals surface area contributed by atoms with E-state index >= 15 is 0 Å². The third-order valence-electron chi connectivity index (χ3n) is 3.32. The first-order valence-electron chi connectivity index (χ1n) is 6.48. The molecule has 0 bridgehead atoms. The zero-order valence-electron chi connectivity index (χ0n) is 10.9. The number of nitrogens with two attached hydrogens (primary N) is 1. The minimum Gasteiger partial charge on any atom is -0.328 e. The molecule has 6 heteroatoms. The van der Waals surface area contributed by atoms with E-state index < -0.39 is 10.0 Å². The third-order valence-corrected chi connectivity index (χ3v) is 5.32. The van der Waals surface area contributed by atoms with Crippen molar-refractivity contribution in [2.75, 3.05) is 0 Å². The second-order valence-electron chi connectivity index (χ2n) is 5.06.